The van der Waals surface area contributed by atoms with E-state index in [1.54, 1.807) is 6.26 Å². The Labute approximate surface area is 71.8 Å². The second-order valence-electron chi connectivity index (χ2n) is 1.52. The molecule has 1 aromatic rings. The Morgan fingerprint density at radius 3 is 2.55 bits per heavy atom. The molecule has 0 spiro atoms. The highest BCUT2D eigenvalue weighted by atomic mass is 32.3. The van der Waals surface area contributed by atoms with E-state index < -0.39 is 10.1 Å². The molecule has 11 heavy (non-hydrogen) atoms. The van der Waals surface area contributed by atoms with Crippen molar-refractivity contribution in [3.8, 4) is 0 Å². The van der Waals surface area contributed by atoms with E-state index in [1.807, 2.05) is 0 Å². The van der Waals surface area contributed by atoms with Crippen molar-refractivity contribution in [3.63, 3.8) is 0 Å². The van der Waals surface area contributed by atoms with Crippen LogP contribution in [0.1, 0.15) is 0 Å². The molecule has 0 saturated carbocycles. The van der Waals surface area contributed by atoms with Gasteiger partial charge in [-0.25, -0.2) is 0 Å². The van der Waals surface area contributed by atoms with Crippen molar-refractivity contribution in [2.75, 3.05) is 6.26 Å². The number of hydrogen-bond acceptors (Lipinski definition) is 6. The largest absolute Gasteiger partial charge is 0.323 e. The fraction of sp³-hybridized carbons (Fsp3) is 0.333. The maximum atomic E-state index is 10.4. The monoisotopic (exact) mass is 212 g/mol. The molecule has 0 unspecified atom stereocenters. The summed E-state index contributed by atoms with van der Waals surface area (Å²) in [6, 6.07) is 0. The van der Waals surface area contributed by atoms with E-state index in [0.717, 1.165) is 0 Å². The normalized spacial score (nSPS) is 11.8. The van der Waals surface area contributed by atoms with Gasteiger partial charge in [0.05, 0.1) is 0 Å². The van der Waals surface area contributed by atoms with Crippen molar-refractivity contribution in [2.24, 2.45) is 0 Å². The van der Waals surface area contributed by atoms with Crippen molar-refractivity contribution in [2.45, 2.75) is 9.50 Å². The molecule has 0 aliphatic heterocycles. The lowest BCUT2D eigenvalue weighted by Gasteiger charge is -1.83. The minimum absolute atomic E-state index is 0.350. The predicted molar refractivity (Wildman–Crippen MR) is 41.5 cm³/mol. The van der Waals surface area contributed by atoms with Crippen LogP contribution in [0.15, 0.2) is 9.50 Å². The van der Waals surface area contributed by atoms with Gasteiger partial charge in [0, 0.05) is 11.5 Å². The molecule has 0 fully saturated rings. The fourth-order valence-corrected chi connectivity index (χ4v) is 2.11. The van der Waals surface area contributed by atoms with Gasteiger partial charge in [0.15, 0.2) is 0 Å². The summed E-state index contributed by atoms with van der Waals surface area (Å²) in [6.45, 7) is 0. The van der Waals surface area contributed by atoms with Crippen LogP contribution >= 0.6 is 23.3 Å². The smallest absolute Gasteiger partial charge is 0.280 e. The number of thioether (sulfide) groups is 1. The van der Waals surface area contributed by atoms with Crippen LogP contribution in [0.3, 0.4) is 0 Å². The molecule has 0 aromatic carbocycles. The number of nitrogens with zero attached hydrogens (tertiary/aromatic N) is 2. The molecule has 0 radical (unpaired) electrons. The van der Waals surface area contributed by atoms with Crippen molar-refractivity contribution < 1.29 is 13.0 Å². The summed E-state index contributed by atoms with van der Waals surface area (Å²) in [5.41, 5.74) is 0. The highest BCUT2D eigenvalue weighted by Gasteiger charge is 2.15. The summed E-state index contributed by atoms with van der Waals surface area (Å²) in [7, 11) is -4.16. The van der Waals surface area contributed by atoms with Crippen molar-refractivity contribution in [1.82, 2.24) is 9.36 Å². The zero-order valence-electron chi connectivity index (χ0n) is 5.38. The maximum Gasteiger partial charge on any atom is 0.323 e. The molecule has 1 N–H and O–H groups in total. The average molecular weight is 212 g/mol. The number of aromatic nitrogens is 2. The van der Waals surface area contributed by atoms with Gasteiger partial charge < -0.3 is 0 Å². The first-order valence-electron chi connectivity index (χ1n) is 2.39. The average Bonchev–Trinajstić information content (AvgIpc) is 2.32. The van der Waals surface area contributed by atoms with Crippen LogP contribution in [0, 0.1) is 0 Å². The summed E-state index contributed by atoms with van der Waals surface area (Å²) in [5.74, 6) is 0. The number of hydrogen-bond donors (Lipinski definition) is 1. The minimum Gasteiger partial charge on any atom is -0.280 e. The van der Waals surface area contributed by atoms with E-state index in [-0.39, 0.29) is 4.34 Å². The van der Waals surface area contributed by atoms with E-state index in [9.17, 15) is 8.42 Å². The van der Waals surface area contributed by atoms with Crippen molar-refractivity contribution in [1.29, 1.82) is 0 Å². The van der Waals surface area contributed by atoms with Gasteiger partial charge in [0.2, 0.25) is 5.16 Å². The van der Waals surface area contributed by atoms with E-state index in [2.05, 4.69) is 9.36 Å². The van der Waals surface area contributed by atoms with Gasteiger partial charge in [-0.2, -0.15) is 17.8 Å². The molecule has 0 aliphatic carbocycles. The topological polar surface area (TPSA) is 80.2 Å². The summed E-state index contributed by atoms with van der Waals surface area (Å²) < 4.78 is 32.6. The molecule has 0 saturated heterocycles. The Hall–Kier alpha value is -0.180. The van der Waals surface area contributed by atoms with Crippen LogP contribution in [0.4, 0.5) is 0 Å². The first-order chi connectivity index (χ1) is 5.04. The molecule has 1 aromatic heterocycles. The van der Waals surface area contributed by atoms with Gasteiger partial charge >= 0.3 is 10.1 Å². The molecule has 0 bridgehead atoms. The van der Waals surface area contributed by atoms with E-state index >= 15 is 0 Å². The Bertz CT molecular complexity index is 342. The van der Waals surface area contributed by atoms with Gasteiger partial charge in [-0.1, -0.05) is 11.8 Å². The zero-order chi connectivity index (χ0) is 8.48. The van der Waals surface area contributed by atoms with Gasteiger partial charge in [0.1, 0.15) is 0 Å². The molecule has 62 valence electrons. The van der Waals surface area contributed by atoms with Crippen LogP contribution in [0.25, 0.3) is 0 Å². The maximum absolute atomic E-state index is 10.4. The van der Waals surface area contributed by atoms with Gasteiger partial charge in [-0.15, -0.1) is 0 Å². The summed E-state index contributed by atoms with van der Waals surface area (Å²) in [4.78, 5) is 3.53. The minimum atomic E-state index is -4.16. The summed E-state index contributed by atoms with van der Waals surface area (Å²) in [6.07, 6.45) is 1.72. The van der Waals surface area contributed by atoms with Crippen LogP contribution in [-0.4, -0.2) is 28.6 Å². The van der Waals surface area contributed by atoms with Gasteiger partial charge in [-0.3, -0.25) is 4.55 Å². The molecular formula is C3H4N2O3S3. The van der Waals surface area contributed by atoms with E-state index in [1.165, 1.54) is 11.8 Å². The quantitative estimate of drug-likeness (QED) is 0.568. The van der Waals surface area contributed by atoms with Crippen LogP contribution < -0.4 is 0 Å². The van der Waals surface area contributed by atoms with E-state index in [0.29, 0.717) is 16.7 Å². The lowest BCUT2D eigenvalue weighted by Crippen LogP contribution is -1.96. The molecule has 0 aliphatic rings. The molecule has 0 amide bonds. The molecule has 1 rings (SSSR count). The van der Waals surface area contributed by atoms with Crippen LogP contribution in [0.5, 0.6) is 0 Å². The fourth-order valence-electron chi connectivity index (χ4n) is 0.385. The molecular weight excluding hydrogens is 208 g/mol. The highest BCUT2D eigenvalue weighted by molar-refractivity contribution is 7.98. The lowest BCUT2D eigenvalue weighted by molar-refractivity contribution is 0.482. The zero-order valence-corrected chi connectivity index (χ0v) is 7.83. The Morgan fingerprint density at radius 2 is 2.27 bits per heavy atom. The Kier molecular flexibility index (Phi) is 2.47. The van der Waals surface area contributed by atoms with E-state index in [4.69, 9.17) is 4.55 Å². The molecule has 0 atom stereocenters. The van der Waals surface area contributed by atoms with Crippen LogP contribution in [0.2, 0.25) is 0 Å². The summed E-state index contributed by atoms with van der Waals surface area (Å²) in [5, 5.41) is 0.350. The SMILES string of the molecule is CSc1nsc(S(=O)(=O)O)n1. The van der Waals surface area contributed by atoms with Crippen LogP contribution in [-0.2, 0) is 10.1 Å². The number of rotatable bonds is 2. The van der Waals surface area contributed by atoms with Gasteiger partial charge in [-0.05, 0) is 6.26 Å². The Balaban J connectivity index is 3.09. The second-order valence-corrected chi connectivity index (χ2v) is 4.64. The molecule has 1 heterocycles. The Morgan fingerprint density at radius 1 is 1.64 bits per heavy atom. The second kappa shape index (κ2) is 3.05. The summed E-state index contributed by atoms with van der Waals surface area (Å²) >= 11 is 1.88. The standard InChI is InChI=1S/C3H4N2O3S3/c1-9-2-4-3(10-5-2)11(6,7)8/h1H3,(H,6,7,8). The molecule has 5 nitrogen and oxygen atoms in total. The van der Waals surface area contributed by atoms with Crippen molar-refractivity contribution in [3.05, 3.63) is 0 Å². The van der Waals surface area contributed by atoms with Gasteiger partial charge in [0.25, 0.3) is 4.34 Å². The van der Waals surface area contributed by atoms with Crippen molar-refractivity contribution >= 4 is 33.4 Å². The highest BCUT2D eigenvalue weighted by Crippen LogP contribution is 2.16. The lowest BCUT2D eigenvalue weighted by atomic mass is 11.3. The predicted octanol–water partition coefficient (Wildman–Crippen LogP) is 0.507. The third-order valence-corrected chi connectivity index (χ3v) is 3.36. The first kappa shape index (κ1) is 8.91. The third-order valence-electron chi connectivity index (χ3n) is 0.792. The molecule has 8 heteroatoms. The third kappa shape index (κ3) is 2.12. The first-order valence-corrected chi connectivity index (χ1v) is 5.83.